The lowest BCUT2D eigenvalue weighted by atomic mass is 9.94. The van der Waals surface area contributed by atoms with Gasteiger partial charge < -0.3 is 0 Å². The molecule has 0 amide bonds. The van der Waals surface area contributed by atoms with E-state index in [1.165, 1.54) is 30.4 Å². The molecule has 98 valence electrons. The highest BCUT2D eigenvalue weighted by Gasteiger charge is 2.24. The maximum atomic E-state index is 11.6. The number of aryl methyl sites for hydroxylation is 1. The quantitative estimate of drug-likeness (QED) is 0.809. The van der Waals surface area contributed by atoms with Gasteiger partial charge in [0.1, 0.15) is 5.78 Å². The Balaban J connectivity index is 2.24. The first-order chi connectivity index (χ1) is 8.68. The first-order valence-electron chi connectivity index (χ1n) is 6.97. The van der Waals surface area contributed by atoms with Gasteiger partial charge in [-0.1, -0.05) is 30.7 Å². The fourth-order valence-electron chi connectivity index (χ4n) is 2.90. The molecule has 0 spiro atoms. The van der Waals surface area contributed by atoms with Crippen LogP contribution in [-0.2, 0) is 4.79 Å². The summed E-state index contributed by atoms with van der Waals surface area (Å²) in [6.45, 7) is 6.11. The summed E-state index contributed by atoms with van der Waals surface area (Å²) >= 11 is 0. The highest BCUT2D eigenvalue weighted by Crippen LogP contribution is 2.29. The number of benzene rings is 1. The fraction of sp³-hybridized carbons (Fsp3) is 0.562. The van der Waals surface area contributed by atoms with Crippen molar-refractivity contribution in [3.05, 3.63) is 35.4 Å². The van der Waals surface area contributed by atoms with Crippen LogP contribution in [0.15, 0.2) is 24.3 Å². The number of carbonyl (C=O) groups is 1. The van der Waals surface area contributed by atoms with Crippen LogP contribution < -0.4 is 0 Å². The molecule has 0 radical (unpaired) electrons. The second kappa shape index (κ2) is 6.14. The van der Waals surface area contributed by atoms with Gasteiger partial charge in [0, 0.05) is 12.5 Å². The van der Waals surface area contributed by atoms with Crippen molar-refractivity contribution in [2.75, 3.05) is 13.1 Å². The summed E-state index contributed by atoms with van der Waals surface area (Å²) in [5, 5.41) is 0. The van der Waals surface area contributed by atoms with Crippen LogP contribution >= 0.6 is 0 Å². The molecule has 0 aromatic heterocycles. The minimum Gasteiger partial charge on any atom is -0.300 e. The average Bonchev–Trinajstić information content (AvgIpc) is 2.38. The van der Waals surface area contributed by atoms with Crippen molar-refractivity contribution in [1.29, 1.82) is 0 Å². The molecule has 1 aliphatic rings. The lowest BCUT2D eigenvalue weighted by Gasteiger charge is -2.35. The van der Waals surface area contributed by atoms with Crippen molar-refractivity contribution in [3.8, 4) is 0 Å². The number of nitrogens with zero attached hydrogens (tertiary/aromatic N) is 1. The summed E-state index contributed by atoms with van der Waals surface area (Å²) in [6.07, 6.45) is 4.50. The molecule has 1 aromatic rings. The second-order valence-corrected chi connectivity index (χ2v) is 5.38. The number of hydrogen-bond donors (Lipinski definition) is 0. The summed E-state index contributed by atoms with van der Waals surface area (Å²) in [6, 6.07) is 8.76. The van der Waals surface area contributed by atoms with Crippen molar-refractivity contribution in [1.82, 2.24) is 4.90 Å². The third-order valence-electron chi connectivity index (χ3n) is 3.86. The molecule has 1 aromatic carbocycles. The van der Waals surface area contributed by atoms with E-state index in [2.05, 4.69) is 36.1 Å². The summed E-state index contributed by atoms with van der Waals surface area (Å²) in [4.78, 5) is 14.0. The van der Waals surface area contributed by atoms with Crippen LogP contribution in [0.25, 0.3) is 0 Å². The number of ketones is 1. The molecule has 0 saturated carbocycles. The lowest BCUT2D eigenvalue weighted by molar-refractivity contribution is -0.118. The zero-order valence-corrected chi connectivity index (χ0v) is 11.5. The van der Waals surface area contributed by atoms with Gasteiger partial charge in [-0.25, -0.2) is 0 Å². The van der Waals surface area contributed by atoms with E-state index in [-0.39, 0.29) is 11.8 Å². The van der Waals surface area contributed by atoms with Gasteiger partial charge >= 0.3 is 0 Å². The van der Waals surface area contributed by atoms with E-state index in [0.29, 0.717) is 6.42 Å². The number of piperidine rings is 1. The molecule has 0 N–H and O–H groups in total. The van der Waals surface area contributed by atoms with Gasteiger partial charge in [0.15, 0.2) is 0 Å². The predicted octanol–water partition coefficient (Wildman–Crippen LogP) is 3.50. The highest BCUT2D eigenvalue weighted by molar-refractivity contribution is 5.76. The number of hydrogen-bond acceptors (Lipinski definition) is 2. The normalized spacial score (nSPS) is 18.6. The van der Waals surface area contributed by atoms with E-state index in [9.17, 15) is 4.79 Å². The SMILES string of the molecule is CC(=O)CC(c1ccccc1C)N1CCCCC1. The molecule has 18 heavy (non-hydrogen) atoms. The number of carbonyl (C=O) groups excluding carboxylic acids is 1. The summed E-state index contributed by atoms with van der Waals surface area (Å²) < 4.78 is 0. The largest absolute Gasteiger partial charge is 0.300 e. The Kier molecular flexibility index (Phi) is 4.54. The van der Waals surface area contributed by atoms with Gasteiger partial charge in [-0.2, -0.15) is 0 Å². The molecular formula is C16H23NO. The van der Waals surface area contributed by atoms with Crippen LogP contribution in [0.1, 0.15) is 49.8 Å². The van der Waals surface area contributed by atoms with Crippen LogP contribution in [0.4, 0.5) is 0 Å². The Morgan fingerprint density at radius 3 is 2.50 bits per heavy atom. The van der Waals surface area contributed by atoms with E-state index < -0.39 is 0 Å². The predicted molar refractivity (Wildman–Crippen MR) is 74.6 cm³/mol. The fourth-order valence-corrected chi connectivity index (χ4v) is 2.90. The van der Waals surface area contributed by atoms with Gasteiger partial charge in [-0.15, -0.1) is 0 Å². The van der Waals surface area contributed by atoms with Gasteiger partial charge in [0.05, 0.1) is 0 Å². The van der Waals surface area contributed by atoms with Crippen molar-refractivity contribution in [2.24, 2.45) is 0 Å². The molecule has 2 nitrogen and oxygen atoms in total. The maximum Gasteiger partial charge on any atom is 0.131 e. The van der Waals surface area contributed by atoms with Crippen molar-refractivity contribution in [3.63, 3.8) is 0 Å². The Hall–Kier alpha value is -1.15. The first-order valence-corrected chi connectivity index (χ1v) is 6.97. The summed E-state index contributed by atoms with van der Waals surface area (Å²) in [7, 11) is 0. The second-order valence-electron chi connectivity index (χ2n) is 5.38. The van der Waals surface area contributed by atoms with E-state index in [1.807, 2.05) is 0 Å². The Morgan fingerprint density at radius 2 is 1.89 bits per heavy atom. The zero-order valence-electron chi connectivity index (χ0n) is 11.5. The molecule has 1 fully saturated rings. The van der Waals surface area contributed by atoms with Crippen LogP contribution in [0.2, 0.25) is 0 Å². The minimum atomic E-state index is 0.281. The molecule has 2 rings (SSSR count). The number of rotatable bonds is 4. The lowest BCUT2D eigenvalue weighted by Crippen LogP contribution is -2.35. The summed E-state index contributed by atoms with van der Waals surface area (Å²) in [5.74, 6) is 0.286. The molecule has 0 bridgehead atoms. The molecule has 1 atom stereocenters. The molecule has 1 unspecified atom stereocenters. The third kappa shape index (κ3) is 3.20. The number of likely N-dealkylation sites (tertiary alicyclic amines) is 1. The highest BCUT2D eigenvalue weighted by atomic mass is 16.1. The van der Waals surface area contributed by atoms with E-state index in [4.69, 9.17) is 0 Å². The van der Waals surface area contributed by atoms with E-state index in [1.54, 1.807) is 6.92 Å². The maximum absolute atomic E-state index is 11.6. The average molecular weight is 245 g/mol. The molecule has 1 saturated heterocycles. The van der Waals surface area contributed by atoms with Crippen LogP contribution in [-0.4, -0.2) is 23.8 Å². The van der Waals surface area contributed by atoms with Crippen molar-refractivity contribution < 1.29 is 4.79 Å². The Labute approximate surface area is 110 Å². The standard InChI is InChI=1S/C16H23NO/c1-13-8-4-5-9-15(13)16(12-14(2)18)17-10-6-3-7-11-17/h4-5,8-9,16H,3,6-7,10-12H2,1-2H3. The van der Waals surface area contributed by atoms with Gasteiger partial charge in [0.25, 0.3) is 0 Å². The molecule has 2 heteroatoms. The minimum absolute atomic E-state index is 0.281. The molecular weight excluding hydrogens is 222 g/mol. The van der Waals surface area contributed by atoms with Crippen LogP contribution in [0.3, 0.4) is 0 Å². The van der Waals surface area contributed by atoms with E-state index >= 15 is 0 Å². The van der Waals surface area contributed by atoms with Gasteiger partial charge in [0.2, 0.25) is 0 Å². The first kappa shape index (κ1) is 13.3. The zero-order chi connectivity index (χ0) is 13.0. The molecule has 1 heterocycles. The molecule has 0 aliphatic carbocycles. The van der Waals surface area contributed by atoms with Crippen molar-refractivity contribution >= 4 is 5.78 Å². The topological polar surface area (TPSA) is 20.3 Å². The molecule has 1 aliphatic heterocycles. The van der Waals surface area contributed by atoms with Crippen molar-refractivity contribution in [2.45, 2.75) is 45.6 Å². The number of Topliss-reactive ketones (excluding diaryl/α,β-unsaturated/α-hetero) is 1. The smallest absolute Gasteiger partial charge is 0.131 e. The Bertz CT molecular complexity index is 407. The van der Waals surface area contributed by atoms with E-state index in [0.717, 1.165) is 13.1 Å². The van der Waals surface area contributed by atoms with Gasteiger partial charge in [-0.3, -0.25) is 9.69 Å². The third-order valence-corrected chi connectivity index (χ3v) is 3.86. The Morgan fingerprint density at radius 1 is 1.22 bits per heavy atom. The summed E-state index contributed by atoms with van der Waals surface area (Å²) in [5.41, 5.74) is 2.63. The van der Waals surface area contributed by atoms with Crippen LogP contribution in [0.5, 0.6) is 0 Å². The monoisotopic (exact) mass is 245 g/mol. The van der Waals surface area contributed by atoms with Gasteiger partial charge in [-0.05, 0) is 50.9 Å². The van der Waals surface area contributed by atoms with Crippen LogP contribution in [0, 0.1) is 6.92 Å².